The number of fused-ring (bicyclic) bond motifs is 1. The van der Waals surface area contributed by atoms with E-state index in [2.05, 4.69) is 11.8 Å². The lowest BCUT2D eigenvalue weighted by molar-refractivity contribution is 0.0480. The molecule has 2 aliphatic rings. The van der Waals surface area contributed by atoms with Crippen molar-refractivity contribution >= 4 is 0 Å². The van der Waals surface area contributed by atoms with Gasteiger partial charge in [0.2, 0.25) is 0 Å². The molecule has 1 N–H and O–H groups in total. The molecule has 4 atom stereocenters. The summed E-state index contributed by atoms with van der Waals surface area (Å²) < 4.78 is 0. The molecule has 2 heteroatoms. The molecule has 2 rings (SSSR count). The number of hydrogen-bond donors (Lipinski definition) is 1. The third-order valence-electron chi connectivity index (χ3n) is 4.27. The minimum absolute atomic E-state index is 0.185. The van der Waals surface area contributed by atoms with E-state index in [0.717, 1.165) is 12.0 Å². The molecule has 0 amide bonds. The standard InChI is InChI=1S/C12H23NO/c1-9(10(2)14)13-8-7-11-5-3-4-6-12(11)13/h9-12,14H,3-8H2,1-2H3/t9?,10?,11-,12-/m0/s1. The highest BCUT2D eigenvalue weighted by atomic mass is 16.3. The minimum Gasteiger partial charge on any atom is -0.392 e. The minimum atomic E-state index is -0.185. The van der Waals surface area contributed by atoms with Crippen LogP contribution in [0.4, 0.5) is 0 Å². The SMILES string of the molecule is CC(O)C(C)N1CC[C@@H]2CCCC[C@@H]21. The molecule has 0 aromatic heterocycles. The van der Waals surface area contributed by atoms with Crippen molar-refractivity contribution in [2.45, 2.75) is 64.1 Å². The molecule has 1 heterocycles. The topological polar surface area (TPSA) is 23.5 Å². The summed E-state index contributed by atoms with van der Waals surface area (Å²) in [5.74, 6) is 0.935. The maximum Gasteiger partial charge on any atom is 0.0664 e. The van der Waals surface area contributed by atoms with Crippen LogP contribution in [0.3, 0.4) is 0 Å². The van der Waals surface area contributed by atoms with Gasteiger partial charge in [-0.2, -0.15) is 0 Å². The van der Waals surface area contributed by atoms with E-state index < -0.39 is 0 Å². The Labute approximate surface area is 87.3 Å². The van der Waals surface area contributed by atoms with Crippen molar-refractivity contribution in [3.8, 4) is 0 Å². The summed E-state index contributed by atoms with van der Waals surface area (Å²) in [5, 5.41) is 9.63. The summed E-state index contributed by atoms with van der Waals surface area (Å²) in [6.07, 6.45) is 6.79. The van der Waals surface area contributed by atoms with Crippen molar-refractivity contribution < 1.29 is 5.11 Å². The Morgan fingerprint density at radius 1 is 1.14 bits per heavy atom. The second kappa shape index (κ2) is 4.19. The number of nitrogens with zero attached hydrogens (tertiary/aromatic N) is 1. The number of likely N-dealkylation sites (tertiary alicyclic amines) is 1. The van der Waals surface area contributed by atoms with Crippen molar-refractivity contribution in [1.29, 1.82) is 0 Å². The fraction of sp³-hybridized carbons (Fsp3) is 1.00. The first-order valence-corrected chi connectivity index (χ1v) is 6.14. The smallest absolute Gasteiger partial charge is 0.0664 e. The van der Waals surface area contributed by atoms with E-state index in [1.165, 1.54) is 38.6 Å². The van der Waals surface area contributed by atoms with E-state index >= 15 is 0 Å². The highest BCUT2D eigenvalue weighted by Crippen LogP contribution is 2.37. The quantitative estimate of drug-likeness (QED) is 0.732. The van der Waals surface area contributed by atoms with Gasteiger partial charge in [-0.1, -0.05) is 12.8 Å². The average Bonchev–Trinajstić information content (AvgIpc) is 2.60. The second-order valence-electron chi connectivity index (χ2n) is 5.12. The monoisotopic (exact) mass is 197 g/mol. The van der Waals surface area contributed by atoms with Crippen LogP contribution < -0.4 is 0 Å². The first kappa shape index (κ1) is 10.4. The Kier molecular flexibility index (Phi) is 3.13. The van der Waals surface area contributed by atoms with Gasteiger partial charge in [-0.05, 0) is 45.6 Å². The molecule has 2 nitrogen and oxygen atoms in total. The zero-order valence-electron chi connectivity index (χ0n) is 9.45. The molecular formula is C12H23NO. The number of rotatable bonds is 2. The Balaban J connectivity index is 2.00. The van der Waals surface area contributed by atoms with Crippen LogP contribution >= 0.6 is 0 Å². The Morgan fingerprint density at radius 3 is 2.57 bits per heavy atom. The Morgan fingerprint density at radius 2 is 1.86 bits per heavy atom. The summed E-state index contributed by atoms with van der Waals surface area (Å²) >= 11 is 0. The van der Waals surface area contributed by atoms with E-state index in [9.17, 15) is 5.11 Å². The van der Waals surface area contributed by atoms with Crippen molar-refractivity contribution in [2.75, 3.05) is 6.54 Å². The molecule has 1 saturated carbocycles. The van der Waals surface area contributed by atoms with Crippen molar-refractivity contribution in [3.63, 3.8) is 0 Å². The summed E-state index contributed by atoms with van der Waals surface area (Å²) in [6.45, 7) is 5.30. The second-order valence-corrected chi connectivity index (χ2v) is 5.12. The van der Waals surface area contributed by atoms with Gasteiger partial charge in [0.05, 0.1) is 6.10 Å². The first-order valence-electron chi connectivity index (χ1n) is 6.14. The van der Waals surface area contributed by atoms with Gasteiger partial charge in [-0.3, -0.25) is 4.90 Å². The number of hydrogen-bond acceptors (Lipinski definition) is 2. The zero-order chi connectivity index (χ0) is 10.1. The molecule has 0 aromatic rings. The van der Waals surface area contributed by atoms with Crippen molar-refractivity contribution in [1.82, 2.24) is 4.90 Å². The lowest BCUT2D eigenvalue weighted by Crippen LogP contribution is -2.45. The van der Waals surface area contributed by atoms with Crippen LogP contribution in [-0.4, -0.2) is 34.7 Å². The van der Waals surface area contributed by atoms with Crippen LogP contribution in [0.25, 0.3) is 0 Å². The first-order chi connectivity index (χ1) is 6.70. The van der Waals surface area contributed by atoms with Crippen LogP contribution in [0.15, 0.2) is 0 Å². The van der Waals surface area contributed by atoms with E-state index in [4.69, 9.17) is 0 Å². The van der Waals surface area contributed by atoms with Gasteiger partial charge in [0.25, 0.3) is 0 Å². The molecule has 2 fully saturated rings. The summed E-state index contributed by atoms with van der Waals surface area (Å²) in [5.41, 5.74) is 0. The van der Waals surface area contributed by atoms with Crippen LogP contribution in [0.5, 0.6) is 0 Å². The van der Waals surface area contributed by atoms with Crippen LogP contribution in [0, 0.1) is 5.92 Å². The maximum absolute atomic E-state index is 9.63. The number of aliphatic hydroxyl groups is 1. The molecule has 1 saturated heterocycles. The molecule has 0 aromatic carbocycles. The summed E-state index contributed by atoms with van der Waals surface area (Å²) in [4.78, 5) is 2.55. The van der Waals surface area contributed by atoms with Crippen molar-refractivity contribution in [2.24, 2.45) is 5.92 Å². The zero-order valence-corrected chi connectivity index (χ0v) is 9.45. The van der Waals surface area contributed by atoms with Crippen LogP contribution in [0.1, 0.15) is 46.0 Å². The largest absolute Gasteiger partial charge is 0.392 e. The Bertz CT molecular complexity index is 193. The molecule has 82 valence electrons. The van der Waals surface area contributed by atoms with Crippen LogP contribution in [-0.2, 0) is 0 Å². The normalized spacial score (nSPS) is 37.9. The van der Waals surface area contributed by atoms with Crippen molar-refractivity contribution in [3.05, 3.63) is 0 Å². The van der Waals surface area contributed by atoms with E-state index in [-0.39, 0.29) is 6.10 Å². The van der Waals surface area contributed by atoms with E-state index in [0.29, 0.717) is 6.04 Å². The predicted octanol–water partition coefficient (Wildman–Crippen LogP) is 2.02. The third kappa shape index (κ3) is 1.82. The molecule has 0 bridgehead atoms. The molecule has 0 spiro atoms. The van der Waals surface area contributed by atoms with E-state index in [1.54, 1.807) is 0 Å². The van der Waals surface area contributed by atoms with Gasteiger partial charge >= 0.3 is 0 Å². The van der Waals surface area contributed by atoms with E-state index in [1.807, 2.05) is 6.92 Å². The molecule has 14 heavy (non-hydrogen) atoms. The highest BCUT2D eigenvalue weighted by Gasteiger charge is 2.38. The maximum atomic E-state index is 9.63. The van der Waals surface area contributed by atoms with Gasteiger partial charge in [0, 0.05) is 12.1 Å². The van der Waals surface area contributed by atoms with Gasteiger partial charge in [-0.15, -0.1) is 0 Å². The molecule has 1 aliphatic carbocycles. The van der Waals surface area contributed by atoms with Gasteiger partial charge in [0.1, 0.15) is 0 Å². The fourth-order valence-electron chi connectivity index (χ4n) is 3.22. The molecule has 0 radical (unpaired) electrons. The fourth-order valence-corrected chi connectivity index (χ4v) is 3.22. The highest BCUT2D eigenvalue weighted by molar-refractivity contribution is 4.92. The molecule has 2 unspecified atom stereocenters. The lowest BCUT2D eigenvalue weighted by Gasteiger charge is -2.36. The third-order valence-corrected chi connectivity index (χ3v) is 4.27. The number of aliphatic hydroxyl groups excluding tert-OH is 1. The van der Waals surface area contributed by atoms with Crippen LogP contribution in [0.2, 0.25) is 0 Å². The predicted molar refractivity (Wildman–Crippen MR) is 58.2 cm³/mol. The summed E-state index contributed by atoms with van der Waals surface area (Å²) in [7, 11) is 0. The lowest BCUT2D eigenvalue weighted by atomic mass is 9.85. The average molecular weight is 197 g/mol. The summed E-state index contributed by atoms with van der Waals surface area (Å²) in [6, 6.07) is 1.14. The van der Waals surface area contributed by atoms with Gasteiger partial charge in [-0.25, -0.2) is 0 Å². The van der Waals surface area contributed by atoms with Gasteiger partial charge < -0.3 is 5.11 Å². The Hall–Kier alpha value is -0.0800. The van der Waals surface area contributed by atoms with Gasteiger partial charge in [0.15, 0.2) is 0 Å². The molecular weight excluding hydrogens is 174 g/mol. The molecule has 1 aliphatic heterocycles.